The lowest BCUT2D eigenvalue weighted by molar-refractivity contribution is -0.155. The van der Waals surface area contributed by atoms with Crippen molar-refractivity contribution in [1.82, 2.24) is 0 Å². The molecular formula is C17H24O2S. The van der Waals surface area contributed by atoms with Gasteiger partial charge in [0.1, 0.15) is 5.60 Å². The predicted octanol–water partition coefficient (Wildman–Crippen LogP) is 4.52. The van der Waals surface area contributed by atoms with Crippen molar-refractivity contribution < 1.29 is 9.53 Å². The largest absolute Gasteiger partial charge is 0.460 e. The van der Waals surface area contributed by atoms with Crippen LogP contribution in [0.3, 0.4) is 0 Å². The third-order valence-corrected chi connectivity index (χ3v) is 3.96. The van der Waals surface area contributed by atoms with E-state index in [-0.39, 0.29) is 11.6 Å². The van der Waals surface area contributed by atoms with Gasteiger partial charge in [-0.3, -0.25) is 4.79 Å². The van der Waals surface area contributed by atoms with E-state index in [0.29, 0.717) is 12.3 Å². The number of benzene rings is 1. The van der Waals surface area contributed by atoms with Crippen LogP contribution in [0.4, 0.5) is 0 Å². The first kappa shape index (κ1) is 15.4. The average molecular weight is 292 g/mol. The van der Waals surface area contributed by atoms with E-state index in [9.17, 15) is 4.79 Å². The van der Waals surface area contributed by atoms with Crippen molar-refractivity contribution in [2.45, 2.75) is 69.3 Å². The molecule has 1 atom stereocenters. The number of fused-ring (bicyclic) bond motifs is 1. The Bertz CT molecular complexity index is 488. The molecule has 0 spiro atoms. The smallest absolute Gasteiger partial charge is 0.306 e. The SMILES string of the molecule is CC(C)(C)OC(=O)CC[C@@H]1CCCc2cc(S)ccc21. The number of carbonyl (C=O) groups excluding carboxylic acids is 1. The van der Waals surface area contributed by atoms with Crippen LogP contribution < -0.4 is 0 Å². The summed E-state index contributed by atoms with van der Waals surface area (Å²) in [5.41, 5.74) is 2.42. The highest BCUT2D eigenvalue weighted by Gasteiger charge is 2.22. The summed E-state index contributed by atoms with van der Waals surface area (Å²) in [5.74, 6) is 0.399. The number of hydrogen-bond donors (Lipinski definition) is 1. The Morgan fingerprint density at radius 2 is 2.15 bits per heavy atom. The second-order valence-corrected chi connectivity index (χ2v) is 7.11. The maximum Gasteiger partial charge on any atom is 0.306 e. The molecule has 0 saturated carbocycles. The van der Waals surface area contributed by atoms with E-state index >= 15 is 0 Å². The van der Waals surface area contributed by atoms with Gasteiger partial charge in [-0.05, 0) is 75.6 Å². The standard InChI is InChI=1S/C17H24O2S/c1-17(2,3)19-16(18)10-7-12-5-4-6-13-11-14(20)8-9-15(12)13/h8-9,11-12,20H,4-7,10H2,1-3H3/t12-/m0/s1. The predicted molar refractivity (Wildman–Crippen MR) is 84.5 cm³/mol. The van der Waals surface area contributed by atoms with Crippen LogP contribution >= 0.6 is 12.6 Å². The van der Waals surface area contributed by atoms with Gasteiger partial charge in [-0.15, -0.1) is 12.6 Å². The fourth-order valence-corrected chi connectivity index (χ4v) is 3.12. The summed E-state index contributed by atoms with van der Waals surface area (Å²) in [6, 6.07) is 6.39. The van der Waals surface area contributed by atoms with Crippen molar-refractivity contribution >= 4 is 18.6 Å². The summed E-state index contributed by atoms with van der Waals surface area (Å²) in [6.07, 6.45) is 4.88. The van der Waals surface area contributed by atoms with E-state index in [1.807, 2.05) is 26.8 Å². The van der Waals surface area contributed by atoms with Crippen molar-refractivity contribution in [1.29, 1.82) is 0 Å². The summed E-state index contributed by atoms with van der Waals surface area (Å²) >= 11 is 4.41. The fraction of sp³-hybridized carbons (Fsp3) is 0.588. The molecule has 1 aromatic rings. The van der Waals surface area contributed by atoms with Gasteiger partial charge in [-0.1, -0.05) is 6.07 Å². The molecule has 0 heterocycles. The van der Waals surface area contributed by atoms with E-state index < -0.39 is 0 Å². The van der Waals surface area contributed by atoms with Crippen LogP contribution in [0.1, 0.15) is 63.5 Å². The summed E-state index contributed by atoms with van der Waals surface area (Å²) in [5, 5.41) is 0. The average Bonchev–Trinajstić information content (AvgIpc) is 2.33. The molecule has 20 heavy (non-hydrogen) atoms. The Morgan fingerprint density at radius 3 is 2.85 bits per heavy atom. The highest BCUT2D eigenvalue weighted by Crippen LogP contribution is 2.35. The maximum absolute atomic E-state index is 11.8. The van der Waals surface area contributed by atoms with Crippen LogP contribution in [0.2, 0.25) is 0 Å². The Kier molecular flexibility index (Phi) is 4.79. The number of hydrogen-bond acceptors (Lipinski definition) is 3. The van der Waals surface area contributed by atoms with Gasteiger partial charge in [0.2, 0.25) is 0 Å². The van der Waals surface area contributed by atoms with E-state index in [1.54, 1.807) is 0 Å². The van der Waals surface area contributed by atoms with Gasteiger partial charge < -0.3 is 4.74 Å². The molecule has 0 N–H and O–H groups in total. The molecule has 0 unspecified atom stereocenters. The normalized spacial score (nSPS) is 18.5. The molecule has 1 aliphatic carbocycles. The third kappa shape index (κ3) is 4.27. The highest BCUT2D eigenvalue weighted by atomic mass is 32.1. The zero-order valence-electron chi connectivity index (χ0n) is 12.6. The second kappa shape index (κ2) is 6.21. The van der Waals surface area contributed by atoms with E-state index in [2.05, 4.69) is 24.8 Å². The van der Waals surface area contributed by atoms with Gasteiger partial charge in [-0.25, -0.2) is 0 Å². The Labute approximate surface area is 127 Å². The molecule has 0 fully saturated rings. The molecule has 0 amide bonds. The Hall–Kier alpha value is -0.960. The maximum atomic E-state index is 11.8. The first-order valence-corrected chi connectivity index (χ1v) is 7.83. The third-order valence-electron chi connectivity index (χ3n) is 3.68. The van der Waals surface area contributed by atoms with Gasteiger partial charge >= 0.3 is 5.97 Å². The number of ether oxygens (including phenoxy) is 1. The Balaban J connectivity index is 1.97. The van der Waals surface area contributed by atoms with E-state index in [1.165, 1.54) is 24.0 Å². The van der Waals surface area contributed by atoms with Crippen molar-refractivity contribution in [2.24, 2.45) is 0 Å². The van der Waals surface area contributed by atoms with Crippen molar-refractivity contribution in [3.63, 3.8) is 0 Å². The monoisotopic (exact) mass is 292 g/mol. The zero-order chi connectivity index (χ0) is 14.8. The van der Waals surface area contributed by atoms with Gasteiger partial charge in [0.05, 0.1) is 0 Å². The van der Waals surface area contributed by atoms with Gasteiger partial charge in [0.25, 0.3) is 0 Å². The summed E-state index contributed by atoms with van der Waals surface area (Å²) in [4.78, 5) is 12.9. The lowest BCUT2D eigenvalue weighted by atomic mass is 9.80. The minimum Gasteiger partial charge on any atom is -0.460 e. The van der Waals surface area contributed by atoms with Gasteiger partial charge in [0, 0.05) is 11.3 Å². The van der Waals surface area contributed by atoms with Crippen LogP contribution in [0.15, 0.2) is 23.1 Å². The van der Waals surface area contributed by atoms with Crippen molar-refractivity contribution in [3.8, 4) is 0 Å². The molecule has 3 heteroatoms. The van der Waals surface area contributed by atoms with Crippen LogP contribution in [-0.4, -0.2) is 11.6 Å². The molecule has 2 nitrogen and oxygen atoms in total. The number of esters is 1. The number of aryl methyl sites for hydroxylation is 1. The lowest BCUT2D eigenvalue weighted by Crippen LogP contribution is -2.24. The first-order valence-electron chi connectivity index (χ1n) is 7.39. The van der Waals surface area contributed by atoms with Crippen molar-refractivity contribution in [3.05, 3.63) is 29.3 Å². The van der Waals surface area contributed by atoms with Gasteiger partial charge in [0.15, 0.2) is 0 Å². The topological polar surface area (TPSA) is 26.3 Å². The zero-order valence-corrected chi connectivity index (χ0v) is 13.5. The quantitative estimate of drug-likeness (QED) is 0.655. The van der Waals surface area contributed by atoms with Crippen molar-refractivity contribution in [2.75, 3.05) is 0 Å². The van der Waals surface area contributed by atoms with Crippen LogP contribution in [0.25, 0.3) is 0 Å². The molecule has 0 bridgehead atoms. The van der Waals surface area contributed by atoms with E-state index in [0.717, 1.165) is 17.7 Å². The van der Waals surface area contributed by atoms with Crippen LogP contribution in [0, 0.1) is 0 Å². The number of thiol groups is 1. The van der Waals surface area contributed by atoms with Crippen LogP contribution in [0.5, 0.6) is 0 Å². The lowest BCUT2D eigenvalue weighted by Gasteiger charge is -2.26. The molecule has 1 aromatic carbocycles. The second-order valence-electron chi connectivity index (χ2n) is 6.60. The molecule has 0 radical (unpaired) electrons. The molecule has 0 saturated heterocycles. The molecule has 0 aliphatic heterocycles. The summed E-state index contributed by atoms with van der Waals surface area (Å²) in [7, 11) is 0. The fourth-order valence-electron chi connectivity index (χ4n) is 2.89. The summed E-state index contributed by atoms with van der Waals surface area (Å²) < 4.78 is 5.38. The Morgan fingerprint density at radius 1 is 1.40 bits per heavy atom. The number of carbonyl (C=O) groups is 1. The van der Waals surface area contributed by atoms with Gasteiger partial charge in [-0.2, -0.15) is 0 Å². The molecule has 110 valence electrons. The summed E-state index contributed by atoms with van der Waals surface area (Å²) in [6.45, 7) is 5.74. The molecule has 0 aromatic heterocycles. The van der Waals surface area contributed by atoms with Crippen LogP contribution in [-0.2, 0) is 16.0 Å². The molecule has 2 rings (SSSR count). The minimum absolute atomic E-state index is 0.0876. The first-order chi connectivity index (χ1) is 9.35. The highest BCUT2D eigenvalue weighted by molar-refractivity contribution is 7.80. The number of rotatable bonds is 3. The minimum atomic E-state index is -0.386. The van der Waals surface area contributed by atoms with E-state index in [4.69, 9.17) is 4.74 Å². The molecule has 1 aliphatic rings. The molecular weight excluding hydrogens is 268 g/mol.